The summed E-state index contributed by atoms with van der Waals surface area (Å²) in [5, 5.41) is 3.29. The number of aromatic nitrogens is 6. The minimum absolute atomic E-state index is 0.255. The predicted octanol–water partition coefficient (Wildman–Crippen LogP) is 5.66. The molecule has 1 aliphatic carbocycles. The summed E-state index contributed by atoms with van der Waals surface area (Å²) in [6.45, 7) is 0.366. The van der Waals surface area contributed by atoms with E-state index < -0.39 is 11.9 Å². The topological polar surface area (TPSA) is 104 Å². The fourth-order valence-electron chi connectivity index (χ4n) is 4.10. The lowest BCUT2D eigenvalue weighted by Crippen LogP contribution is -2.05. The van der Waals surface area contributed by atoms with Crippen molar-refractivity contribution in [2.24, 2.45) is 7.05 Å². The lowest BCUT2D eigenvalue weighted by atomic mass is 10.1. The SMILES string of the molecule is COc1ncnc(C2CC2)c1-c1nc(NCc2ccc(-c3nc(C(F)(F)F)cn3C)s2)c2occc2n1. The van der Waals surface area contributed by atoms with Gasteiger partial charge in [-0.05, 0) is 25.0 Å². The van der Waals surface area contributed by atoms with Crippen LogP contribution in [0.2, 0.25) is 0 Å². The molecule has 13 heteroatoms. The third kappa shape index (κ3) is 4.39. The molecule has 1 fully saturated rings. The van der Waals surface area contributed by atoms with Crippen molar-refractivity contribution in [2.75, 3.05) is 12.4 Å². The first kappa shape index (κ1) is 23.4. The molecule has 190 valence electrons. The van der Waals surface area contributed by atoms with E-state index in [0.29, 0.717) is 51.5 Å². The molecular formula is C24H20F3N7O2S. The summed E-state index contributed by atoms with van der Waals surface area (Å²) in [4.78, 5) is 23.4. The zero-order chi connectivity index (χ0) is 25.7. The maximum absolute atomic E-state index is 13.1. The molecule has 1 N–H and O–H groups in total. The number of imidazole rings is 1. The number of rotatable bonds is 7. The van der Waals surface area contributed by atoms with Gasteiger partial charge in [0.15, 0.2) is 22.9 Å². The summed E-state index contributed by atoms with van der Waals surface area (Å²) >= 11 is 1.34. The van der Waals surface area contributed by atoms with Crippen LogP contribution in [0.1, 0.15) is 35.0 Å². The number of methoxy groups -OCH3 is 1. The van der Waals surface area contributed by atoms with E-state index in [1.165, 1.54) is 28.5 Å². The van der Waals surface area contributed by atoms with Gasteiger partial charge in [0.05, 0.1) is 30.5 Å². The second-order valence-electron chi connectivity index (χ2n) is 8.63. The summed E-state index contributed by atoms with van der Waals surface area (Å²) in [7, 11) is 3.09. The fraction of sp³-hybridized carbons (Fsp3) is 0.292. The fourth-order valence-corrected chi connectivity index (χ4v) is 5.08. The average molecular weight is 528 g/mol. The lowest BCUT2D eigenvalue weighted by molar-refractivity contribution is -0.140. The monoisotopic (exact) mass is 527 g/mol. The van der Waals surface area contributed by atoms with E-state index in [-0.39, 0.29) is 5.82 Å². The molecule has 1 aliphatic rings. The highest BCUT2D eigenvalue weighted by atomic mass is 32.1. The number of nitrogens with one attached hydrogen (secondary N) is 1. The van der Waals surface area contributed by atoms with Gasteiger partial charge in [-0.15, -0.1) is 11.3 Å². The Morgan fingerprint density at radius 3 is 2.73 bits per heavy atom. The molecule has 6 rings (SSSR count). The molecule has 5 aromatic heterocycles. The van der Waals surface area contributed by atoms with Crippen LogP contribution in [0.15, 0.2) is 41.4 Å². The van der Waals surface area contributed by atoms with Gasteiger partial charge in [-0.3, -0.25) is 0 Å². The molecule has 5 heterocycles. The Bertz CT molecular complexity index is 1600. The molecule has 0 spiro atoms. The smallest absolute Gasteiger partial charge is 0.434 e. The van der Waals surface area contributed by atoms with Gasteiger partial charge in [0.25, 0.3) is 0 Å². The van der Waals surface area contributed by atoms with Crippen LogP contribution in [0, 0.1) is 0 Å². The van der Waals surface area contributed by atoms with Crippen molar-refractivity contribution in [3.8, 4) is 28.0 Å². The van der Waals surface area contributed by atoms with E-state index in [4.69, 9.17) is 14.1 Å². The molecule has 1 saturated carbocycles. The first-order valence-electron chi connectivity index (χ1n) is 11.4. The molecule has 0 bridgehead atoms. The molecule has 0 aromatic carbocycles. The summed E-state index contributed by atoms with van der Waals surface area (Å²) in [5.41, 5.74) is 1.70. The number of ether oxygens (including phenoxy) is 1. The Labute approximate surface area is 212 Å². The van der Waals surface area contributed by atoms with Gasteiger partial charge in [0.2, 0.25) is 5.88 Å². The molecular weight excluding hydrogens is 507 g/mol. The number of anilines is 1. The maximum Gasteiger partial charge on any atom is 0.434 e. The molecule has 0 atom stereocenters. The number of hydrogen-bond donors (Lipinski definition) is 1. The van der Waals surface area contributed by atoms with Crippen molar-refractivity contribution in [3.05, 3.63) is 53.3 Å². The summed E-state index contributed by atoms with van der Waals surface area (Å²) < 4.78 is 51.7. The van der Waals surface area contributed by atoms with Gasteiger partial charge in [-0.2, -0.15) is 13.2 Å². The van der Waals surface area contributed by atoms with Crippen molar-refractivity contribution >= 4 is 28.3 Å². The normalized spacial score (nSPS) is 13.9. The highest BCUT2D eigenvalue weighted by molar-refractivity contribution is 7.15. The highest BCUT2D eigenvalue weighted by Gasteiger charge is 2.35. The van der Waals surface area contributed by atoms with Crippen LogP contribution in [-0.2, 0) is 19.8 Å². The van der Waals surface area contributed by atoms with E-state index in [1.54, 1.807) is 26.3 Å². The quantitative estimate of drug-likeness (QED) is 0.289. The minimum Gasteiger partial charge on any atom is -0.480 e. The van der Waals surface area contributed by atoms with Crippen molar-refractivity contribution < 1.29 is 22.3 Å². The van der Waals surface area contributed by atoms with E-state index >= 15 is 0 Å². The van der Waals surface area contributed by atoms with Gasteiger partial charge in [-0.1, -0.05) is 0 Å². The zero-order valence-electron chi connectivity index (χ0n) is 19.7. The summed E-state index contributed by atoms with van der Waals surface area (Å²) in [6, 6.07) is 5.35. The van der Waals surface area contributed by atoms with Crippen molar-refractivity contribution in [1.82, 2.24) is 29.5 Å². The number of furan rings is 1. The van der Waals surface area contributed by atoms with Gasteiger partial charge in [0, 0.05) is 30.1 Å². The van der Waals surface area contributed by atoms with E-state index in [2.05, 4.69) is 25.3 Å². The van der Waals surface area contributed by atoms with Crippen LogP contribution in [-0.4, -0.2) is 36.6 Å². The Morgan fingerprint density at radius 1 is 1.16 bits per heavy atom. The minimum atomic E-state index is -4.50. The highest BCUT2D eigenvalue weighted by Crippen LogP contribution is 2.45. The third-order valence-electron chi connectivity index (χ3n) is 6.01. The summed E-state index contributed by atoms with van der Waals surface area (Å²) in [5.74, 6) is 1.88. The van der Waals surface area contributed by atoms with Crippen molar-refractivity contribution in [1.29, 1.82) is 0 Å². The largest absolute Gasteiger partial charge is 0.480 e. The van der Waals surface area contributed by atoms with Crippen molar-refractivity contribution in [3.63, 3.8) is 0 Å². The summed E-state index contributed by atoms with van der Waals surface area (Å²) in [6.07, 6.45) is 1.58. The standard InChI is InChI=1S/C24H20F3N7O2S/c1-34-10-16(24(25,26)27)32-22(34)15-6-5-13(37-15)9-28-21-19-14(7-8-36-19)31-20(33-21)17-18(12-3-4-12)29-11-30-23(17)35-2/h5-8,10-12H,3-4,9H2,1-2H3,(H,28,31,33). The molecule has 0 aliphatic heterocycles. The molecule has 0 radical (unpaired) electrons. The molecule has 5 aromatic rings. The first-order chi connectivity index (χ1) is 17.8. The first-order valence-corrected chi connectivity index (χ1v) is 12.2. The third-order valence-corrected chi connectivity index (χ3v) is 7.09. The van der Waals surface area contributed by atoms with Gasteiger partial charge in [-0.25, -0.2) is 24.9 Å². The number of hydrogen-bond acceptors (Lipinski definition) is 9. The molecule has 9 nitrogen and oxygen atoms in total. The maximum atomic E-state index is 13.1. The van der Waals surface area contributed by atoms with Crippen LogP contribution >= 0.6 is 11.3 Å². The van der Waals surface area contributed by atoms with E-state index in [1.807, 2.05) is 6.07 Å². The van der Waals surface area contributed by atoms with E-state index in [0.717, 1.165) is 29.6 Å². The zero-order valence-corrected chi connectivity index (χ0v) is 20.5. The van der Waals surface area contributed by atoms with E-state index in [9.17, 15) is 13.2 Å². The van der Waals surface area contributed by atoms with Gasteiger partial charge < -0.3 is 19.0 Å². The molecule has 0 saturated heterocycles. The Hall–Kier alpha value is -4.00. The molecule has 0 unspecified atom stereocenters. The number of thiophene rings is 1. The van der Waals surface area contributed by atoms with Crippen LogP contribution < -0.4 is 10.1 Å². The van der Waals surface area contributed by atoms with Crippen LogP contribution in [0.25, 0.3) is 33.2 Å². The van der Waals surface area contributed by atoms with Crippen molar-refractivity contribution in [2.45, 2.75) is 31.5 Å². The number of alkyl halides is 3. The second-order valence-corrected chi connectivity index (χ2v) is 9.79. The number of fused-ring (bicyclic) bond motifs is 1. The number of nitrogens with zero attached hydrogens (tertiary/aromatic N) is 6. The Kier molecular flexibility index (Phi) is 5.59. The lowest BCUT2D eigenvalue weighted by Gasteiger charge is -2.12. The number of aryl methyl sites for hydroxylation is 1. The average Bonchev–Trinajstić information content (AvgIpc) is 3.24. The number of halogens is 3. The molecule has 0 amide bonds. The van der Waals surface area contributed by atoms with Crippen LogP contribution in [0.4, 0.5) is 19.0 Å². The predicted molar refractivity (Wildman–Crippen MR) is 130 cm³/mol. The van der Waals surface area contributed by atoms with Crippen LogP contribution in [0.3, 0.4) is 0 Å². The van der Waals surface area contributed by atoms with Gasteiger partial charge in [0.1, 0.15) is 23.2 Å². The van der Waals surface area contributed by atoms with Gasteiger partial charge >= 0.3 is 6.18 Å². The Morgan fingerprint density at radius 2 is 2.00 bits per heavy atom. The second kappa shape index (κ2) is 8.83. The van der Waals surface area contributed by atoms with Crippen LogP contribution in [0.5, 0.6) is 5.88 Å². The molecule has 37 heavy (non-hydrogen) atoms. The Balaban J connectivity index is 1.31.